The molecule has 1 aliphatic heterocycles. The number of hydrogen-bond donors (Lipinski definition) is 0. The molecule has 0 saturated carbocycles. The summed E-state index contributed by atoms with van der Waals surface area (Å²) in [7, 11) is 0. The number of aromatic nitrogens is 2. The van der Waals surface area contributed by atoms with Gasteiger partial charge in [0.15, 0.2) is 0 Å². The van der Waals surface area contributed by atoms with E-state index in [1.807, 2.05) is 0 Å². The van der Waals surface area contributed by atoms with Crippen LogP contribution in [0.3, 0.4) is 0 Å². The summed E-state index contributed by atoms with van der Waals surface area (Å²) in [4.78, 5) is 9.92. The highest BCUT2D eigenvalue weighted by Gasteiger charge is 2.36. The number of fused-ring (bicyclic) bond motifs is 1. The van der Waals surface area contributed by atoms with Crippen molar-refractivity contribution in [2.45, 2.75) is 6.11 Å². The van der Waals surface area contributed by atoms with Gasteiger partial charge in [0.25, 0.3) is 0 Å². The minimum absolute atomic E-state index is 0.0595. The van der Waals surface area contributed by atoms with Gasteiger partial charge in [0.1, 0.15) is 18.7 Å². The molecule has 1 aliphatic rings. The summed E-state index contributed by atoms with van der Waals surface area (Å²) in [6.45, 7) is -0.233. The van der Waals surface area contributed by atoms with E-state index in [9.17, 15) is 13.2 Å². The first-order valence-electron chi connectivity index (χ1n) is 7.90. The second kappa shape index (κ2) is 6.41. The van der Waals surface area contributed by atoms with E-state index in [0.717, 1.165) is 0 Å². The fourth-order valence-electron chi connectivity index (χ4n) is 3.01. The fourth-order valence-corrected chi connectivity index (χ4v) is 3.17. The Labute approximate surface area is 152 Å². The van der Waals surface area contributed by atoms with Gasteiger partial charge in [-0.3, -0.25) is 0 Å². The molecule has 4 rings (SSSR count). The molecule has 0 unspecified atom stereocenters. The number of anilines is 1. The largest absolute Gasteiger partial charge is 0.373 e. The summed E-state index contributed by atoms with van der Waals surface area (Å²) in [6.07, 6.45) is -1.86. The molecule has 0 amide bonds. The van der Waals surface area contributed by atoms with Crippen LogP contribution in [0.15, 0.2) is 42.7 Å². The van der Waals surface area contributed by atoms with Gasteiger partial charge in [-0.1, -0.05) is 11.6 Å². The molecule has 0 bridgehead atoms. The number of ether oxygens (including phenoxy) is 1. The van der Waals surface area contributed by atoms with Gasteiger partial charge in [-0.2, -0.15) is 8.78 Å². The van der Waals surface area contributed by atoms with Crippen LogP contribution in [0.4, 0.5) is 18.9 Å². The van der Waals surface area contributed by atoms with E-state index < -0.39 is 18.5 Å². The molecule has 134 valence electrons. The highest BCUT2D eigenvalue weighted by molar-refractivity contribution is 6.30. The highest BCUT2D eigenvalue weighted by Crippen LogP contribution is 2.32. The Kier molecular flexibility index (Phi) is 4.20. The molecule has 0 radical (unpaired) electrons. The first kappa shape index (κ1) is 17.1. The smallest absolute Gasteiger partial charge is 0.360 e. The standard InChI is InChI=1S/C18H13ClF3N3O/c19-11-1-3-13(15(20)7-11)17-14-4-2-12(8-16(14)23-10-24-17)25-5-6-26-18(21,22)9-25/h1-4,7-8,10H,5-6,9H2. The summed E-state index contributed by atoms with van der Waals surface area (Å²) in [6, 6.07) is 9.45. The van der Waals surface area contributed by atoms with Crippen LogP contribution in [-0.2, 0) is 4.74 Å². The molecule has 8 heteroatoms. The number of benzene rings is 2. The zero-order chi connectivity index (χ0) is 18.3. The van der Waals surface area contributed by atoms with Gasteiger partial charge in [-0.25, -0.2) is 14.4 Å². The van der Waals surface area contributed by atoms with E-state index in [2.05, 4.69) is 14.7 Å². The number of alkyl halides is 2. The number of nitrogens with zero attached hydrogens (tertiary/aromatic N) is 3. The quantitative estimate of drug-likeness (QED) is 0.656. The number of morpholine rings is 1. The van der Waals surface area contributed by atoms with E-state index in [1.54, 1.807) is 30.3 Å². The van der Waals surface area contributed by atoms with Crippen LogP contribution in [0.5, 0.6) is 0 Å². The van der Waals surface area contributed by atoms with Gasteiger partial charge in [-0.15, -0.1) is 0 Å². The molecule has 0 spiro atoms. The van der Waals surface area contributed by atoms with E-state index in [1.165, 1.54) is 17.3 Å². The molecule has 1 fully saturated rings. The van der Waals surface area contributed by atoms with Crippen molar-refractivity contribution in [3.8, 4) is 11.3 Å². The lowest BCUT2D eigenvalue weighted by Crippen LogP contribution is -2.46. The van der Waals surface area contributed by atoms with E-state index in [-0.39, 0.29) is 6.61 Å². The van der Waals surface area contributed by atoms with E-state index in [4.69, 9.17) is 11.6 Å². The lowest BCUT2D eigenvalue weighted by atomic mass is 10.1. The second-order valence-corrected chi connectivity index (χ2v) is 6.39. The Bertz CT molecular complexity index is 983. The topological polar surface area (TPSA) is 38.2 Å². The zero-order valence-electron chi connectivity index (χ0n) is 13.4. The third kappa shape index (κ3) is 3.20. The maximum absolute atomic E-state index is 14.3. The predicted molar refractivity (Wildman–Crippen MR) is 93.1 cm³/mol. The number of halogens is 4. The Morgan fingerprint density at radius 3 is 2.73 bits per heavy atom. The Hall–Kier alpha value is -2.38. The predicted octanol–water partition coefficient (Wildman–Crippen LogP) is 4.52. The first-order valence-corrected chi connectivity index (χ1v) is 8.28. The van der Waals surface area contributed by atoms with Gasteiger partial charge in [0.2, 0.25) is 0 Å². The monoisotopic (exact) mass is 379 g/mol. The molecular weight excluding hydrogens is 367 g/mol. The molecule has 2 aromatic carbocycles. The molecule has 4 nitrogen and oxygen atoms in total. The summed E-state index contributed by atoms with van der Waals surface area (Å²) >= 11 is 5.80. The van der Waals surface area contributed by atoms with Crippen LogP contribution >= 0.6 is 11.6 Å². The van der Waals surface area contributed by atoms with Crippen molar-refractivity contribution in [1.82, 2.24) is 9.97 Å². The summed E-state index contributed by atoms with van der Waals surface area (Å²) in [5, 5.41) is 0.914. The van der Waals surface area contributed by atoms with Crippen molar-refractivity contribution in [2.24, 2.45) is 0 Å². The molecule has 1 saturated heterocycles. The minimum Gasteiger partial charge on any atom is -0.360 e. The van der Waals surface area contributed by atoms with Crippen molar-refractivity contribution in [2.75, 3.05) is 24.6 Å². The number of rotatable bonds is 2. The molecule has 3 aromatic rings. The Balaban J connectivity index is 1.77. The highest BCUT2D eigenvalue weighted by atomic mass is 35.5. The molecule has 26 heavy (non-hydrogen) atoms. The lowest BCUT2D eigenvalue weighted by Gasteiger charge is -2.33. The van der Waals surface area contributed by atoms with Crippen molar-refractivity contribution >= 4 is 28.2 Å². The third-order valence-corrected chi connectivity index (χ3v) is 4.46. The SMILES string of the molecule is Fc1cc(Cl)ccc1-c1ncnc2cc(N3CCOC(F)(F)C3)ccc12. The molecular formula is C18H13ClF3N3O. The average molecular weight is 380 g/mol. The first-order chi connectivity index (χ1) is 12.4. The normalized spacial score (nSPS) is 16.8. The van der Waals surface area contributed by atoms with Gasteiger partial charge >= 0.3 is 6.11 Å². The summed E-state index contributed by atoms with van der Waals surface area (Å²) < 4.78 is 45.7. The van der Waals surface area contributed by atoms with Crippen LogP contribution in [0.25, 0.3) is 22.2 Å². The maximum atomic E-state index is 14.3. The molecule has 0 atom stereocenters. The van der Waals surface area contributed by atoms with Crippen molar-refractivity contribution in [3.05, 3.63) is 53.6 Å². The summed E-state index contributed by atoms with van der Waals surface area (Å²) in [5.41, 5.74) is 1.86. The lowest BCUT2D eigenvalue weighted by molar-refractivity contribution is -0.240. The Morgan fingerprint density at radius 2 is 1.96 bits per heavy atom. The van der Waals surface area contributed by atoms with Gasteiger partial charge in [0, 0.05) is 28.2 Å². The molecule has 1 aromatic heterocycles. The van der Waals surface area contributed by atoms with Crippen molar-refractivity contribution < 1.29 is 17.9 Å². The molecule has 0 N–H and O–H groups in total. The fraction of sp³-hybridized carbons (Fsp3) is 0.222. The zero-order valence-corrected chi connectivity index (χ0v) is 14.2. The van der Waals surface area contributed by atoms with Crippen molar-refractivity contribution in [3.63, 3.8) is 0 Å². The van der Waals surface area contributed by atoms with Crippen LogP contribution in [0, 0.1) is 5.82 Å². The van der Waals surface area contributed by atoms with Crippen LogP contribution < -0.4 is 4.90 Å². The van der Waals surface area contributed by atoms with Gasteiger partial charge in [-0.05, 0) is 36.4 Å². The maximum Gasteiger partial charge on any atom is 0.373 e. The number of hydrogen-bond acceptors (Lipinski definition) is 4. The van der Waals surface area contributed by atoms with Crippen LogP contribution in [0.2, 0.25) is 5.02 Å². The second-order valence-electron chi connectivity index (χ2n) is 5.96. The Morgan fingerprint density at radius 1 is 1.12 bits per heavy atom. The summed E-state index contributed by atoms with van der Waals surface area (Å²) in [5.74, 6) is -0.491. The van der Waals surface area contributed by atoms with E-state index >= 15 is 0 Å². The molecule has 2 heterocycles. The van der Waals surface area contributed by atoms with Gasteiger partial charge < -0.3 is 9.64 Å². The molecule has 0 aliphatic carbocycles. The minimum atomic E-state index is -3.18. The van der Waals surface area contributed by atoms with Crippen molar-refractivity contribution in [1.29, 1.82) is 0 Å². The van der Waals surface area contributed by atoms with Gasteiger partial charge in [0.05, 0.1) is 17.8 Å². The van der Waals surface area contributed by atoms with Crippen LogP contribution in [-0.4, -0.2) is 35.8 Å². The van der Waals surface area contributed by atoms with E-state index in [0.29, 0.717) is 39.4 Å². The average Bonchev–Trinajstić information content (AvgIpc) is 2.60. The third-order valence-electron chi connectivity index (χ3n) is 4.22. The van der Waals surface area contributed by atoms with Crippen LogP contribution in [0.1, 0.15) is 0 Å².